The molecule has 0 bridgehead atoms. The fourth-order valence-corrected chi connectivity index (χ4v) is 2.17. The number of nitro benzene ring substituents is 1. The molecule has 1 aromatic carbocycles. The first kappa shape index (κ1) is 18.8. The Bertz CT molecular complexity index is 812. The standard InChI is InChI=1S/C16H17N5O5/c17-12-4-3-11(6-14(12)21(25)26)20-15(22)7-13(16(23)24)19-9-10-2-1-5-18-8-10/h1-6,8,13,19H,7,9,17H2,(H,20,22)(H,23,24)/t13-/m1/s1. The lowest BCUT2D eigenvalue weighted by Gasteiger charge is -2.14. The summed E-state index contributed by atoms with van der Waals surface area (Å²) in [5, 5.41) is 25.3. The van der Waals surface area contributed by atoms with Crippen LogP contribution in [0.2, 0.25) is 0 Å². The van der Waals surface area contributed by atoms with E-state index in [9.17, 15) is 24.8 Å². The van der Waals surface area contributed by atoms with Gasteiger partial charge in [0.15, 0.2) is 0 Å². The van der Waals surface area contributed by atoms with Gasteiger partial charge < -0.3 is 16.2 Å². The topological polar surface area (TPSA) is 160 Å². The molecule has 0 aliphatic carbocycles. The number of anilines is 2. The van der Waals surface area contributed by atoms with Gasteiger partial charge in [0.1, 0.15) is 11.7 Å². The maximum atomic E-state index is 12.1. The zero-order valence-corrected chi connectivity index (χ0v) is 13.6. The van der Waals surface area contributed by atoms with Crippen molar-refractivity contribution >= 4 is 28.9 Å². The Morgan fingerprint density at radius 2 is 2.12 bits per heavy atom. The van der Waals surface area contributed by atoms with E-state index in [4.69, 9.17) is 5.73 Å². The van der Waals surface area contributed by atoms with Crippen molar-refractivity contribution in [3.8, 4) is 0 Å². The molecule has 5 N–H and O–H groups in total. The molecule has 10 heteroatoms. The molecule has 1 amide bonds. The Morgan fingerprint density at radius 1 is 1.35 bits per heavy atom. The van der Waals surface area contributed by atoms with E-state index in [1.54, 1.807) is 24.5 Å². The number of nitrogens with one attached hydrogen (secondary N) is 2. The van der Waals surface area contributed by atoms with Gasteiger partial charge in [-0.05, 0) is 23.8 Å². The summed E-state index contributed by atoms with van der Waals surface area (Å²) in [4.78, 5) is 37.5. The van der Waals surface area contributed by atoms with Gasteiger partial charge in [0.2, 0.25) is 5.91 Å². The zero-order valence-electron chi connectivity index (χ0n) is 13.6. The molecule has 1 atom stereocenters. The van der Waals surface area contributed by atoms with Crippen LogP contribution in [-0.2, 0) is 16.1 Å². The molecule has 0 unspecified atom stereocenters. The van der Waals surface area contributed by atoms with Crippen LogP contribution in [0, 0.1) is 10.1 Å². The summed E-state index contributed by atoms with van der Waals surface area (Å²) in [5.74, 6) is -1.79. The number of benzene rings is 1. The molecular weight excluding hydrogens is 342 g/mol. The van der Waals surface area contributed by atoms with Crippen molar-refractivity contribution in [1.82, 2.24) is 10.3 Å². The first-order valence-electron chi connectivity index (χ1n) is 7.55. The lowest BCUT2D eigenvalue weighted by Crippen LogP contribution is -2.39. The van der Waals surface area contributed by atoms with E-state index in [2.05, 4.69) is 15.6 Å². The number of amides is 1. The second-order valence-corrected chi connectivity index (χ2v) is 5.42. The van der Waals surface area contributed by atoms with E-state index in [1.165, 1.54) is 12.1 Å². The number of nitrogens with zero attached hydrogens (tertiary/aromatic N) is 2. The number of carbonyl (C=O) groups excluding carboxylic acids is 1. The van der Waals surface area contributed by atoms with Gasteiger partial charge in [0.05, 0.1) is 11.3 Å². The number of aromatic nitrogens is 1. The van der Waals surface area contributed by atoms with Gasteiger partial charge >= 0.3 is 5.97 Å². The first-order valence-corrected chi connectivity index (χ1v) is 7.55. The van der Waals surface area contributed by atoms with E-state index in [0.717, 1.165) is 11.6 Å². The molecule has 0 radical (unpaired) electrons. The first-order chi connectivity index (χ1) is 12.4. The normalized spacial score (nSPS) is 11.5. The number of aliphatic carboxylic acids is 1. The smallest absolute Gasteiger partial charge is 0.321 e. The summed E-state index contributed by atoms with van der Waals surface area (Å²) in [6.45, 7) is 0.228. The van der Waals surface area contributed by atoms with Crippen LogP contribution in [-0.4, -0.2) is 32.9 Å². The van der Waals surface area contributed by atoms with E-state index < -0.39 is 22.8 Å². The van der Waals surface area contributed by atoms with Crippen LogP contribution in [0.25, 0.3) is 0 Å². The van der Waals surface area contributed by atoms with Gasteiger partial charge in [-0.1, -0.05) is 6.07 Å². The average Bonchev–Trinajstić information content (AvgIpc) is 2.60. The summed E-state index contributed by atoms with van der Waals surface area (Å²) in [6.07, 6.45) is 2.82. The van der Waals surface area contributed by atoms with Crippen LogP contribution in [0.15, 0.2) is 42.7 Å². The number of pyridine rings is 1. The predicted octanol–water partition coefficient (Wildman–Crippen LogP) is 1.14. The summed E-state index contributed by atoms with van der Waals surface area (Å²) < 4.78 is 0. The molecule has 0 saturated carbocycles. The van der Waals surface area contributed by atoms with Gasteiger partial charge in [-0.15, -0.1) is 0 Å². The van der Waals surface area contributed by atoms with Gasteiger partial charge in [-0.25, -0.2) is 0 Å². The highest BCUT2D eigenvalue weighted by Crippen LogP contribution is 2.25. The molecule has 2 aromatic rings. The van der Waals surface area contributed by atoms with Gasteiger partial charge in [0.25, 0.3) is 5.69 Å². The molecule has 0 spiro atoms. The van der Waals surface area contributed by atoms with Gasteiger partial charge in [0, 0.05) is 30.7 Å². The number of nitrogen functional groups attached to an aromatic ring is 1. The number of carboxylic acids is 1. The highest BCUT2D eigenvalue weighted by molar-refractivity contribution is 5.94. The van der Waals surface area contributed by atoms with Crippen molar-refractivity contribution in [2.45, 2.75) is 19.0 Å². The SMILES string of the molecule is Nc1ccc(NC(=O)C[C@@H](NCc2cccnc2)C(=O)O)cc1[N+](=O)[O-]. The van der Waals surface area contributed by atoms with Crippen LogP contribution in [0.3, 0.4) is 0 Å². The number of carbonyl (C=O) groups is 2. The minimum atomic E-state index is -1.19. The van der Waals surface area contributed by atoms with Crippen LogP contribution in [0.4, 0.5) is 17.1 Å². The molecule has 0 fully saturated rings. The van der Waals surface area contributed by atoms with E-state index in [-0.39, 0.29) is 30.0 Å². The Morgan fingerprint density at radius 3 is 2.73 bits per heavy atom. The van der Waals surface area contributed by atoms with Crippen LogP contribution < -0.4 is 16.4 Å². The Balaban J connectivity index is 1.98. The third-order valence-corrected chi connectivity index (χ3v) is 3.47. The van der Waals surface area contributed by atoms with E-state index in [1.807, 2.05) is 0 Å². The number of hydrogen-bond acceptors (Lipinski definition) is 7. The average molecular weight is 359 g/mol. The minimum Gasteiger partial charge on any atom is -0.480 e. The lowest BCUT2D eigenvalue weighted by molar-refractivity contribution is -0.383. The molecule has 136 valence electrons. The lowest BCUT2D eigenvalue weighted by atomic mass is 10.1. The summed E-state index contributed by atoms with van der Waals surface area (Å²) >= 11 is 0. The van der Waals surface area contributed by atoms with Crippen molar-refractivity contribution in [2.75, 3.05) is 11.1 Å². The second-order valence-electron chi connectivity index (χ2n) is 5.42. The van der Waals surface area contributed by atoms with Crippen LogP contribution in [0.1, 0.15) is 12.0 Å². The number of carboxylic acid groups (broad SMARTS) is 1. The molecule has 0 saturated heterocycles. The predicted molar refractivity (Wildman–Crippen MR) is 93.3 cm³/mol. The zero-order chi connectivity index (χ0) is 19.1. The molecule has 1 heterocycles. The molecule has 26 heavy (non-hydrogen) atoms. The number of rotatable bonds is 8. The molecule has 0 aliphatic rings. The molecule has 1 aromatic heterocycles. The highest BCUT2D eigenvalue weighted by atomic mass is 16.6. The van der Waals surface area contributed by atoms with Crippen molar-refractivity contribution in [1.29, 1.82) is 0 Å². The van der Waals surface area contributed by atoms with E-state index >= 15 is 0 Å². The van der Waals surface area contributed by atoms with Crippen LogP contribution >= 0.6 is 0 Å². The summed E-state index contributed by atoms with van der Waals surface area (Å²) in [6, 6.07) is 6.17. The molecule has 0 aliphatic heterocycles. The summed E-state index contributed by atoms with van der Waals surface area (Å²) in [5.41, 5.74) is 6.05. The third kappa shape index (κ3) is 5.24. The van der Waals surface area contributed by atoms with Crippen LogP contribution in [0.5, 0.6) is 0 Å². The molecule has 2 rings (SSSR count). The maximum Gasteiger partial charge on any atom is 0.321 e. The van der Waals surface area contributed by atoms with Crippen molar-refractivity contribution in [3.63, 3.8) is 0 Å². The fourth-order valence-electron chi connectivity index (χ4n) is 2.17. The van der Waals surface area contributed by atoms with Crippen molar-refractivity contribution in [3.05, 3.63) is 58.4 Å². The monoisotopic (exact) mass is 359 g/mol. The third-order valence-electron chi connectivity index (χ3n) is 3.47. The van der Waals surface area contributed by atoms with Gasteiger partial charge in [-0.3, -0.25) is 30.0 Å². The number of nitro groups is 1. The summed E-state index contributed by atoms with van der Waals surface area (Å²) in [7, 11) is 0. The van der Waals surface area contributed by atoms with Gasteiger partial charge in [-0.2, -0.15) is 0 Å². The minimum absolute atomic E-state index is 0.0328. The highest BCUT2D eigenvalue weighted by Gasteiger charge is 2.21. The maximum absolute atomic E-state index is 12.1. The number of nitrogens with two attached hydrogens (primary N) is 1. The number of hydrogen-bond donors (Lipinski definition) is 4. The van der Waals surface area contributed by atoms with E-state index in [0.29, 0.717) is 0 Å². The molecule has 10 nitrogen and oxygen atoms in total. The molecular formula is C16H17N5O5. The quantitative estimate of drug-likeness (QED) is 0.310. The fraction of sp³-hybridized carbons (Fsp3) is 0.188. The van der Waals surface area contributed by atoms with Crippen molar-refractivity contribution < 1.29 is 19.6 Å². The Hall–Kier alpha value is -3.53. The Kier molecular flexibility index (Phi) is 6.17. The van der Waals surface area contributed by atoms with Crippen molar-refractivity contribution in [2.24, 2.45) is 0 Å². The largest absolute Gasteiger partial charge is 0.480 e. The Labute approximate surface area is 148 Å². The second kappa shape index (κ2) is 8.53.